The summed E-state index contributed by atoms with van der Waals surface area (Å²) in [6.45, 7) is 0.810. The number of aromatic amines is 1. The van der Waals surface area contributed by atoms with Crippen molar-refractivity contribution in [3.8, 4) is 0 Å². The van der Waals surface area contributed by atoms with Crippen LogP contribution in [0.1, 0.15) is 30.3 Å². The van der Waals surface area contributed by atoms with Crippen molar-refractivity contribution < 1.29 is 0 Å². The molecular weight excluding hydrogens is 296 g/mol. The Hall–Kier alpha value is -2.07. The summed E-state index contributed by atoms with van der Waals surface area (Å²) in [5, 5.41) is 5.11. The molecule has 112 valence electrons. The van der Waals surface area contributed by atoms with E-state index in [0.29, 0.717) is 11.1 Å². The second-order valence-electron chi connectivity index (χ2n) is 5.77. The van der Waals surface area contributed by atoms with Crippen molar-refractivity contribution in [1.82, 2.24) is 15.0 Å². The Kier molecular flexibility index (Phi) is 3.47. The summed E-state index contributed by atoms with van der Waals surface area (Å²) in [4.78, 5) is 12.3. The zero-order valence-electron chi connectivity index (χ0n) is 12.1. The lowest BCUT2D eigenvalue weighted by Crippen LogP contribution is -2.08. The fourth-order valence-corrected chi connectivity index (χ4v) is 2.83. The molecule has 0 atom stereocenters. The van der Waals surface area contributed by atoms with Gasteiger partial charge in [0, 0.05) is 36.2 Å². The zero-order chi connectivity index (χ0) is 14.9. The first kappa shape index (κ1) is 13.6. The van der Waals surface area contributed by atoms with Gasteiger partial charge in [-0.15, -0.1) is 0 Å². The first-order valence-electron chi connectivity index (χ1n) is 7.63. The fourth-order valence-electron chi connectivity index (χ4n) is 2.64. The van der Waals surface area contributed by atoms with Crippen molar-refractivity contribution in [3.05, 3.63) is 53.1 Å². The maximum absolute atomic E-state index is 6.07. The fraction of sp³-hybridized carbons (Fsp3) is 0.294. The van der Waals surface area contributed by atoms with Crippen LogP contribution in [0.25, 0.3) is 10.9 Å². The van der Waals surface area contributed by atoms with E-state index in [1.165, 1.54) is 29.4 Å². The van der Waals surface area contributed by atoms with Gasteiger partial charge in [0.2, 0.25) is 0 Å². The van der Waals surface area contributed by atoms with Crippen LogP contribution < -0.4 is 5.32 Å². The number of nitrogens with zero attached hydrogens (tertiary/aromatic N) is 2. The van der Waals surface area contributed by atoms with Gasteiger partial charge in [-0.05, 0) is 30.4 Å². The quantitative estimate of drug-likeness (QED) is 0.696. The highest BCUT2D eigenvalue weighted by Gasteiger charge is 2.27. The van der Waals surface area contributed by atoms with Gasteiger partial charge in [0.25, 0.3) is 0 Å². The number of nitrogens with one attached hydrogen (secondary N) is 2. The summed E-state index contributed by atoms with van der Waals surface area (Å²) in [5.41, 5.74) is 2.40. The number of halogens is 1. The Morgan fingerprint density at radius 1 is 1.18 bits per heavy atom. The smallest absolute Gasteiger partial charge is 0.135 e. The van der Waals surface area contributed by atoms with Crippen LogP contribution in [0.3, 0.4) is 0 Å². The number of H-pyrrole nitrogens is 1. The summed E-state index contributed by atoms with van der Waals surface area (Å²) in [7, 11) is 0. The van der Waals surface area contributed by atoms with E-state index in [9.17, 15) is 0 Å². The Morgan fingerprint density at radius 3 is 2.86 bits per heavy atom. The molecule has 0 unspecified atom stereocenters. The van der Waals surface area contributed by atoms with Crippen LogP contribution in [-0.2, 0) is 6.42 Å². The molecule has 1 aliphatic carbocycles. The molecule has 0 amide bonds. The van der Waals surface area contributed by atoms with Crippen molar-refractivity contribution in [2.45, 2.75) is 25.2 Å². The van der Waals surface area contributed by atoms with Crippen LogP contribution in [0.2, 0.25) is 5.15 Å². The molecule has 0 spiro atoms. The molecule has 2 heterocycles. The van der Waals surface area contributed by atoms with Crippen LogP contribution in [0.15, 0.2) is 36.4 Å². The lowest BCUT2D eigenvalue weighted by molar-refractivity contribution is 0.911. The Morgan fingerprint density at radius 2 is 2.05 bits per heavy atom. The maximum Gasteiger partial charge on any atom is 0.135 e. The van der Waals surface area contributed by atoms with E-state index in [1.807, 2.05) is 6.07 Å². The number of hydrogen-bond acceptors (Lipinski definition) is 3. The molecule has 5 heteroatoms. The summed E-state index contributed by atoms with van der Waals surface area (Å²) in [6, 6.07) is 12.3. The van der Waals surface area contributed by atoms with E-state index < -0.39 is 0 Å². The number of rotatable bonds is 5. The van der Waals surface area contributed by atoms with Gasteiger partial charge in [0.05, 0.1) is 0 Å². The van der Waals surface area contributed by atoms with E-state index in [-0.39, 0.29) is 0 Å². The van der Waals surface area contributed by atoms with Crippen molar-refractivity contribution in [3.63, 3.8) is 0 Å². The van der Waals surface area contributed by atoms with Gasteiger partial charge in [-0.2, -0.15) is 0 Å². The third kappa shape index (κ3) is 2.92. The second-order valence-corrected chi connectivity index (χ2v) is 6.15. The number of benzene rings is 1. The number of para-hydroxylation sites is 1. The normalized spacial score (nSPS) is 14.4. The van der Waals surface area contributed by atoms with E-state index >= 15 is 0 Å². The maximum atomic E-state index is 6.07. The van der Waals surface area contributed by atoms with Crippen LogP contribution in [-0.4, -0.2) is 21.5 Å². The van der Waals surface area contributed by atoms with Crippen molar-refractivity contribution in [2.24, 2.45) is 0 Å². The standard InChI is InChI=1S/C17H17ClN4/c18-15-10-16(22-17(21-15)11-5-6-11)19-8-7-13-9-12-3-1-2-4-14(12)20-13/h1-4,9-11,20H,5-8H2,(H,19,21,22). The number of aromatic nitrogens is 3. The van der Waals surface area contributed by atoms with Gasteiger partial charge in [-0.1, -0.05) is 29.8 Å². The van der Waals surface area contributed by atoms with E-state index in [0.717, 1.165) is 24.6 Å². The minimum absolute atomic E-state index is 0.507. The van der Waals surface area contributed by atoms with Crippen LogP contribution in [0.4, 0.5) is 5.82 Å². The summed E-state index contributed by atoms with van der Waals surface area (Å²) < 4.78 is 0. The van der Waals surface area contributed by atoms with Crippen LogP contribution >= 0.6 is 11.6 Å². The first-order valence-corrected chi connectivity index (χ1v) is 8.01. The van der Waals surface area contributed by atoms with Gasteiger partial charge in [0.1, 0.15) is 16.8 Å². The lowest BCUT2D eigenvalue weighted by atomic mass is 10.2. The molecule has 4 rings (SSSR count). The van der Waals surface area contributed by atoms with E-state index in [2.05, 4.69) is 44.5 Å². The average Bonchev–Trinajstić information content (AvgIpc) is 3.27. The van der Waals surface area contributed by atoms with E-state index in [1.54, 1.807) is 6.07 Å². The predicted octanol–water partition coefficient (Wildman–Crippen LogP) is 4.14. The number of anilines is 1. The van der Waals surface area contributed by atoms with E-state index in [4.69, 9.17) is 11.6 Å². The minimum Gasteiger partial charge on any atom is -0.370 e. The Labute approximate surface area is 133 Å². The molecule has 0 saturated heterocycles. The number of hydrogen-bond donors (Lipinski definition) is 2. The van der Waals surface area contributed by atoms with Gasteiger partial charge in [-0.25, -0.2) is 9.97 Å². The third-order valence-corrected chi connectivity index (χ3v) is 4.13. The van der Waals surface area contributed by atoms with Crippen molar-refractivity contribution in [1.29, 1.82) is 0 Å². The van der Waals surface area contributed by atoms with Gasteiger partial charge in [-0.3, -0.25) is 0 Å². The van der Waals surface area contributed by atoms with Crippen molar-refractivity contribution in [2.75, 3.05) is 11.9 Å². The molecule has 0 bridgehead atoms. The second kappa shape index (κ2) is 5.61. The molecule has 4 nitrogen and oxygen atoms in total. The lowest BCUT2D eigenvalue weighted by Gasteiger charge is -2.07. The molecule has 0 aliphatic heterocycles. The van der Waals surface area contributed by atoms with Gasteiger partial charge < -0.3 is 10.3 Å². The number of fused-ring (bicyclic) bond motifs is 1. The molecule has 2 N–H and O–H groups in total. The molecule has 0 radical (unpaired) electrons. The molecule has 22 heavy (non-hydrogen) atoms. The molecular formula is C17H17ClN4. The topological polar surface area (TPSA) is 53.6 Å². The molecule has 2 aromatic heterocycles. The summed E-state index contributed by atoms with van der Waals surface area (Å²) in [6.07, 6.45) is 3.26. The highest BCUT2D eigenvalue weighted by atomic mass is 35.5. The van der Waals surface area contributed by atoms with Crippen molar-refractivity contribution >= 4 is 28.3 Å². The predicted molar refractivity (Wildman–Crippen MR) is 89.5 cm³/mol. The molecule has 1 aromatic carbocycles. The molecule has 3 aromatic rings. The zero-order valence-corrected chi connectivity index (χ0v) is 12.9. The van der Waals surface area contributed by atoms with Crippen LogP contribution in [0.5, 0.6) is 0 Å². The average molecular weight is 313 g/mol. The highest BCUT2D eigenvalue weighted by molar-refractivity contribution is 6.29. The highest BCUT2D eigenvalue weighted by Crippen LogP contribution is 2.38. The molecule has 1 fully saturated rings. The molecule has 1 aliphatic rings. The minimum atomic E-state index is 0.507. The summed E-state index contributed by atoms with van der Waals surface area (Å²) in [5.74, 6) is 2.20. The molecule has 1 saturated carbocycles. The monoisotopic (exact) mass is 312 g/mol. The largest absolute Gasteiger partial charge is 0.370 e. The third-order valence-electron chi connectivity index (χ3n) is 3.94. The van der Waals surface area contributed by atoms with Gasteiger partial charge >= 0.3 is 0 Å². The first-order chi connectivity index (χ1) is 10.8. The Balaban J connectivity index is 1.42. The SMILES string of the molecule is Clc1cc(NCCc2cc3ccccc3[nH]2)nc(C2CC2)n1. The van der Waals surface area contributed by atoms with Crippen LogP contribution in [0, 0.1) is 0 Å². The van der Waals surface area contributed by atoms with Gasteiger partial charge in [0.15, 0.2) is 0 Å². The Bertz CT molecular complexity index is 774. The summed E-state index contributed by atoms with van der Waals surface area (Å²) >= 11 is 6.07.